The third-order valence-corrected chi connectivity index (χ3v) is 4.80. The van der Waals surface area contributed by atoms with Gasteiger partial charge in [0.15, 0.2) is 0 Å². The molecule has 1 aromatic carbocycles. The second-order valence-electron chi connectivity index (χ2n) is 7.08. The molecule has 2 aromatic rings. The first-order valence-electron chi connectivity index (χ1n) is 9.13. The van der Waals surface area contributed by atoms with Crippen LogP contribution >= 0.6 is 0 Å². The highest BCUT2D eigenvalue weighted by Gasteiger charge is 2.22. The molecule has 2 heterocycles. The number of nitrogens with zero attached hydrogens (tertiary/aromatic N) is 3. The van der Waals surface area contributed by atoms with Crippen molar-refractivity contribution in [3.8, 4) is 0 Å². The van der Waals surface area contributed by atoms with Gasteiger partial charge in [-0.3, -0.25) is 0 Å². The Bertz CT molecular complexity index is 756. The number of aromatic nitrogens is 2. The van der Waals surface area contributed by atoms with Crippen molar-refractivity contribution in [2.45, 2.75) is 46.6 Å². The van der Waals surface area contributed by atoms with E-state index in [1.54, 1.807) is 0 Å². The smallest absolute Gasteiger partial charge is 0.319 e. The van der Waals surface area contributed by atoms with Crippen molar-refractivity contribution in [3.05, 3.63) is 46.8 Å². The van der Waals surface area contributed by atoms with E-state index in [9.17, 15) is 4.79 Å². The lowest BCUT2D eigenvalue weighted by molar-refractivity contribution is 0.246. The molecule has 6 nitrogen and oxygen atoms in total. The van der Waals surface area contributed by atoms with Gasteiger partial charge in [-0.2, -0.15) is 0 Å². The Kier molecular flexibility index (Phi) is 5.40. The summed E-state index contributed by atoms with van der Waals surface area (Å²) in [4.78, 5) is 23.6. The SMILES string of the molecule is Cc1cc(C)nc(N2CCC(NC(=O)Nc3c(C)cccc3C)CC2)n1. The number of hydrogen-bond acceptors (Lipinski definition) is 4. The average Bonchev–Trinajstić information content (AvgIpc) is 2.58. The molecule has 0 unspecified atom stereocenters. The van der Waals surface area contributed by atoms with Crippen LogP contribution in [0, 0.1) is 27.7 Å². The lowest BCUT2D eigenvalue weighted by atomic mass is 10.1. The number of amides is 2. The summed E-state index contributed by atoms with van der Waals surface area (Å²) in [7, 11) is 0. The summed E-state index contributed by atoms with van der Waals surface area (Å²) in [5.74, 6) is 0.793. The van der Waals surface area contributed by atoms with Crippen LogP contribution in [0.2, 0.25) is 0 Å². The number of piperidine rings is 1. The topological polar surface area (TPSA) is 70.2 Å². The molecular formula is C20H27N5O. The van der Waals surface area contributed by atoms with Gasteiger partial charge in [0, 0.05) is 36.2 Å². The molecule has 0 bridgehead atoms. The first kappa shape index (κ1) is 18.2. The minimum absolute atomic E-state index is 0.136. The molecule has 26 heavy (non-hydrogen) atoms. The van der Waals surface area contributed by atoms with E-state index >= 15 is 0 Å². The molecule has 1 aliphatic heterocycles. The molecular weight excluding hydrogens is 326 g/mol. The molecule has 0 saturated carbocycles. The van der Waals surface area contributed by atoms with Crippen LogP contribution < -0.4 is 15.5 Å². The molecule has 0 spiro atoms. The fourth-order valence-electron chi connectivity index (χ4n) is 3.42. The van der Waals surface area contributed by atoms with Crippen molar-refractivity contribution in [2.24, 2.45) is 0 Å². The van der Waals surface area contributed by atoms with Crippen LogP contribution in [0.3, 0.4) is 0 Å². The second-order valence-corrected chi connectivity index (χ2v) is 7.08. The number of anilines is 2. The highest BCUT2D eigenvalue weighted by Crippen LogP contribution is 2.20. The van der Waals surface area contributed by atoms with E-state index < -0.39 is 0 Å². The number of carbonyl (C=O) groups excluding carboxylic acids is 1. The predicted molar refractivity (Wildman–Crippen MR) is 105 cm³/mol. The Hall–Kier alpha value is -2.63. The van der Waals surface area contributed by atoms with Crippen LogP contribution in [0.25, 0.3) is 0 Å². The number of rotatable bonds is 3. The van der Waals surface area contributed by atoms with Crippen molar-refractivity contribution in [1.29, 1.82) is 0 Å². The van der Waals surface area contributed by atoms with Gasteiger partial charge in [0.05, 0.1) is 0 Å². The van der Waals surface area contributed by atoms with Crippen LogP contribution in [0.4, 0.5) is 16.4 Å². The summed E-state index contributed by atoms with van der Waals surface area (Å²) >= 11 is 0. The lowest BCUT2D eigenvalue weighted by Crippen LogP contribution is -2.46. The van der Waals surface area contributed by atoms with Gasteiger partial charge >= 0.3 is 6.03 Å². The first-order chi connectivity index (χ1) is 12.4. The Morgan fingerprint density at radius 1 is 1.04 bits per heavy atom. The lowest BCUT2D eigenvalue weighted by Gasteiger charge is -2.32. The van der Waals surface area contributed by atoms with Gasteiger partial charge in [-0.15, -0.1) is 0 Å². The molecule has 0 aliphatic carbocycles. The summed E-state index contributed by atoms with van der Waals surface area (Å²) in [5.41, 5.74) is 5.01. The zero-order chi connectivity index (χ0) is 18.7. The minimum atomic E-state index is -0.136. The number of carbonyl (C=O) groups is 1. The van der Waals surface area contributed by atoms with Gasteiger partial charge in [0.2, 0.25) is 5.95 Å². The van der Waals surface area contributed by atoms with Gasteiger partial charge in [-0.25, -0.2) is 14.8 Å². The van der Waals surface area contributed by atoms with Gasteiger partial charge in [-0.05, 0) is 57.7 Å². The number of hydrogen-bond donors (Lipinski definition) is 2. The van der Waals surface area contributed by atoms with Gasteiger partial charge in [-0.1, -0.05) is 18.2 Å². The molecule has 2 N–H and O–H groups in total. The Morgan fingerprint density at radius 3 is 2.19 bits per heavy atom. The molecule has 2 amide bonds. The Balaban J connectivity index is 1.54. The molecule has 1 saturated heterocycles. The highest BCUT2D eigenvalue weighted by molar-refractivity contribution is 5.91. The maximum absolute atomic E-state index is 12.4. The van der Waals surface area contributed by atoms with E-state index in [0.29, 0.717) is 0 Å². The van der Waals surface area contributed by atoms with Crippen LogP contribution in [0.5, 0.6) is 0 Å². The highest BCUT2D eigenvalue weighted by atomic mass is 16.2. The molecule has 1 aromatic heterocycles. The summed E-state index contributed by atoms with van der Waals surface area (Å²) in [6, 6.07) is 8.02. The average molecular weight is 353 g/mol. The zero-order valence-electron chi connectivity index (χ0n) is 16.0. The van der Waals surface area contributed by atoms with Crippen molar-refractivity contribution >= 4 is 17.7 Å². The standard InChI is InChI=1S/C20H27N5O/c1-13-6-5-7-14(2)18(13)24-20(26)23-17-8-10-25(11-9-17)19-21-15(3)12-16(4)22-19/h5-7,12,17H,8-11H2,1-4H3,(H2,23,24,26). The molecule has 138 valence electrons. The number of nitrogens with one attached hydrogen (secondary N) is 2. The third kappa shape index (κ3) is 4.31. The second kappa shape index (κ2) is 7.72. The number of urea groups is 1. The summed E-state index contributed by atoms with van der Waals surface area (Å²) in [6.07, 6.45) is 1.77. The quantitative estimate of drug-likeness (QED) is 0.886. The van der Waals surface area contributed by atoms with E-state index in [1.165, 1.54) is 0 Å². The largest absolute Gasteiger partial charge is 0.341 e. The van der Waals surface area contributed by atoms with Crippen molar-refractivity contribution in [2.75, 3.05) is 23.3 Å². The minimum Gasteiger partial charge on any atom is -0.341 e. The van der Waals surface area contributed by atoms with Gasteiger partial charge in [0.1, 0.15) is 0 Å². The van der Waals surface area contributed by atoms with E-state index in [2.05, 4.69) is 25.5 Å². The van der Waals surface area contributed by atoms with Crippen molar-refractivity contribution in [3.63, 3.8) is 0 Å². The van der Waals surface area contributed by atoms with Crippen LogP contribution in [0.15, 0.2) is 24.3 Å². The van der Waals surface area contributed by atoms with E-state index in [1.807, 2.05) is 52.0 Å². The number of benzene rings is 1. The van der Waals surface area contributed by atoms with Crippen LogP contribution in [0.1, 0.15) is 35.4 Å². The molecule has 1 fully saturated rings. The van der Waals surface area contributed by atoms with Crippen LogP contribution in [-0.2, 0) is 0 Å². The maximum atomic E-state index is 12.4. The van der Waals surface area contributed by atoms with E-state index in [4.69, 9.17) is 0 Å². The summed E-state index contributed by atoms with van der Waals surface area (Å²) in [5, 5.41) is 6.09. The monoisotopic (exact) mass is 353 g/mol. The van der Waals surface area contributed by atoms with Crippen molar-refractivity contribution in [1.82, 2.24) is 15.3 Å². The summed E-state index contributed by atoms with van der Waals surface area (Å²) in [6.45, 7) is 9.68. The molecule has 0 radical (unpaired) electrons. The fraction of sp³-hybridized carbons (Fsp3) is 0.450. The predicted octanol–water partition coefficient (Wildman–Crippen LogP) is 3.50. The van der Waals surface area contributed by atoms with E-state index in [0.717, 1.165) is 60.1 Å². The Labute approximate surface area is 155 Å². The van der Waals surface area contributed by atoms with E-state index in [-0.39, 0.29) is 12.1 Å². The summed E-state index contributed by atoms with van der Waals surface area (Å²) < 4.78 is 0. The molecule has 6 heteroatoms. The van der Waals surface area contributed by atoms with Crippen LogP contribution in [-0.4, -0.2) is 35.1 Å². The molecule has 1 aliphatic rings. The van der Waals surface area contributed by atoms with Gasteiger partial charge in [0.25, 0.3) is 0 Å². The number of para-hydroxylation sites is 1. The first-order valence-corrected chi connectivity index (χ1v) is 9.13. The maximum Gasteiger partial charge on any atom is 0.319 e. The molecule has 3 rings (SSSR count). The number of aryl methyl sites for hydroxylation is 4. The Morgan fingerprint density at radius 2 is 1.62 bits per heavy atom. The van der Waals surface area contributed by atoms with Crippen molar-refractivity contribution < 1.29 is 4.79 Å². The fourth-order valence-corrected chi connectivity index (χ4v) is 3.42. The zero-order valence-corrected chi connectivity index (χ0v) is 16.0. The molecule has 0 atom stereocenters. The van der Waals surface area contributed by atoms with Gasteiger partial charge < -0.3 is 15.5 Å². The third-order valence-electron chi connectivity index (χ3n) is 4.80. The normalized spacial score (nSPS) is 15.0.